The number of hydrogen-bond donors (Lipinski definition) is 2. The Hall–Kier alpha value is -2.87. The fraction of sp³-hybridized carbons (Fsp3) is 0.571. The smallest absolute Gasteiger partial charge is 0.236 e. The molecule has 0 aromatic heterocycles. The number of rotatable bonds is 4. The van der Waals surface area contributed by atoms with Gasteiger partial charge in [0.15, 0.2) is 11.9 Å². The summed E-state index contributed by atoms with van der Waals surface area (Å²) in [4.78, 5) is 24.0. The number of halogens is 1. The van der Waals surface area contributed by atoms with Crippen molar-refractivity contribution in [1.82, 2.24) is 10.0 Å². The summed E-state index contributed by atoms with van der Waals surface area (Å²) >= 11 is 5.93. The minimum Gasteiger partial charge on any atom is -0.507 e. The number of phenols is 1. The molecule has 8 nitrogen and oxygen atoms in total. The minimum atomic E-state index is -0.386. The fourth-order valence-corrected chi connectivity index (χ4v) is 4.08. The van der Waals surface area contributed by atoms with Crippen molar-refractivity contribution in [3.63, 3.8) is 0 Å². The quantitative estimate of drug-likeness (QED) is 0.498. The highest BCUT2D eigenvalue weighted by Crippen LogP contribution is 2.40. The van der Waals surface area contributed by atoms with E-state index in [4.69, 9.17) is 17.3 Å². The van der Waals surface area contributed by atoms with E-state index >= 15 is 0 Å². The number of hydrogen-bond acceptors (Lipinski definition) is 8. The number of carbonyl (C=O) groups is 2. The van der Waals surface area contributed by atoms with Crippen LogP contribution >= 0.6 is 11.6 Å². The van der Waals surface area contributed by atoms with Crippen LogP contribution in [-0.2, 0) is 15.6 Å². The highest BCUT2D eigenvalue weighted by molar-refractivity contribution is 6.68. The maximum absolute atomic E-state index is 13.2. The van der Waals surface area contributed by atoms with Crippen molar-refractivity contribution >= 4 is 34.3 Å². The summed E-state index contributed by atoms with van der Waals surface area (Å²) in [6.07, 6.45) is 3.72. The Morgan fingerprint density at radius 2 is 1.51 bits per heavy atom. The molecule has 1 aromatic rings. The Morgan fingerprint density at radius 3 is 1.92 bits per heavy atom. The second kappa shape index (κ2) is 10.9. The molecule has 2 aliphatic rings. The van der Waals surface area contributed by atoms with E-state index in [-0.39, 0.29) is 46.4 Å². The van der Waals surface area contributed by atoms with Crippen molar-refractivity contribution in [2.45, 2.75) is 92.7 Å². The summed E-state index contributed by atoms with van der Waals surface area (Å²) in [5, 5.41) is 22.6. The van der Waals surface area contributed by atoms with Crippen molar-refractivity contribution in [2.24, 2.45) is 21.4 Å². The lowest BCUT2D eigenvalue weighted by Crippen LogP contribution is -2.43. The molecule has 0 saturated carbocycles. The van der Waals surface area contributed by atoms with Gasteiger partial charge >= 0.3 is 0 Å². The molecular formula is C28H42ClN5O3. The zero-order valence-electron chi connectivity index (χ0n) is 23.8. The average Bonchev–Trinajstić information content (AvgIpc) is 3.05. The number of nitrogens with zero attached hydrogens (tertiary/aromatic N) is 4. The second-order valence-corrected chi connectivity index (χ2v) is 12.9. The molecule has 9 heteroatoms. The normalized spacial score (nSPS) is 17.5. The van der Waals surface area contributed by atoms with Crippen LogP contribution in [0, 0.1) is 5.41 Å². The summed E-state index contributed by atoms with van der Waals surface area (Å²) < 4.78 is 0. The van der Waals surface area contributed by atoms with Gasteiger partial charge in [-0.15, -0.1) is 5.10 Å². The van der Waals surface area contributed by atoms with Gasteiger partial charge in [-0.1, -0.05) is 80.8 Å². The lowest BCUT2D eigenvalue weighted by atomic mass is 9.78. The molecule has 3 rings (SSSR count). The number of ketones is 2. The molecular weight excluding hydrogens is 490 g/mol. The van der Waals surface area contributed by atoms with Crippen molar-refractivity contribution in [1.29, 1.82) is 0 Å². The number of fused-ring (bicyclic) bond motifs is 1. The number of Topliss-reactive ketones (excluding diaryl/α,β-unsaturated/α-hetero) is 2. The van der Waals surface area contributed by atoms with Gasteiger partial charge in [0.25, 0.3) is 0 Å². The Kier molecular flexibility index (Phi) is 8.91. The van der Waals surface area contributed by atoms with Gasteiger partial charge in [-0.05, 0) is 35.1 Å². The van der Waals surface area contributed by atoms with Crippen LogP contribution in [0.15, 0.2) is 34.5 Å². The predicted octanol–water partition coefficient (Wildman–Crippen LogP) is 5.48. The van der Waals surface area contributed by atoms with Crippen molar-refractivity contribution in [2.75, 3.05) is 6.54 Å². The molecule has 0 spiro atoms. The van der Waals surface area contributed by atoms with E-state index < -0.39 is 0 Å². The van der Waals surface area contributed by atoms with E-state index in [1.165, 1.54) is 5.01 Å². The third kappa shape index (κ3) is 7.34. The lowest BCUT2D eigenvalue weighted by Gasteiger charge is -2.29. The van der Waals surface area contributed by atoms with Crippen LogP contribution in [0.2, 0.25) is 0 Å². The van der Waals surface area contributed by atoms with E-state index in [9.17, 15) is 14.7 Å². The summed E-state index contributed by atoms with van der Waals surface area (Å²) in [6, 6.07) is 3.55. The molecule has 0 radical (unpaired) electrons. The number of aromatic hydroxyl groups is 1. The number of benzene rings is 1. The topological polar surface area (TPSA) is 112 Å². The first-order valence-corrected chi connectivity index (χ1v) is 12.9. The van der Waals surface area contributed by atoms with Crippen LogP contribution in [0.5, 0.6) is 5.75 Å². The van der Waals surface area contributed by atoms with Gasteiger partial charge in [-0.2, -0.15) is 5.10 Å². The molecule has 1 unspecified atom stereocenters. The first kappa shape index (κ1) is 30.4. The molecule has 1 atom stereocenters. The average molecular weight is 532 g/mol. The van der Waals surface area contributed by atoms with Crippen LogP contribution in [0.4, 0.5) is 0 Å². The molecule has 204 valence electrons. The third-order valence-corrected chi connectivity index (χ3v) is 6.34. The Balaban J connectivity index is 0.000000521. The van der Waals surface area contributed by atoms with E-state index in [1.54, 1.807) is 29.3 Å². The molecule has 3 N–H and O–H groups in total. The molecule has 0 saturated heterocycles. The summed E-state index contributed by atoms with van der Waals surface area (Å²) in [7, 11) is 0. The highest BCUT2D eigenvalue weighted by Gasteiger charge is 2.35. The maximum Gasteiger partial charge on any atom is 0.236 e. The van der Waals surface area contributed by atoms with E-state index in [0.717, 1.165) is 11.1 Å². The largest absolute Gasteiger partial charge is 0.507 e. The molecule has 0 bridgehead atoms. The van der Waals surface area contributed by atoms with Crippen molar-refractivity contribution in [3.05, 3.63) is 41.0 Å². The number of phenolic OH excluding ortho intramolecular Hbond substituents is 1. The first-order valence-electron chi connectivity index (χ1n) is 12.5. The van der Waals surface area contributed by atoms with Gasteiger partial charge < -0.3 is 10.8 Å². The van der Waals surface area contributed by atoms with Crippen LogP contribution in [0.25, 0.3) is 0 Å². The first-order chi connectivity index (χ1) is 16.8. The third-order valence-electron chi connectivity index (χ3n) is 6.14. The van der Waals surface area contributed by atoms with Gasteiger partial charge in [0, 0.05) is 28.5 Å². The van der Waals surface area contributed by atoms with Crippen molar-refractivity contribution in [3.8, 4) is 5.75 Å². The molecule has 1 aromatic carbocycles. The van der Waals surface area contributed by atoms with E-state index in [0.29, 0.717) is 22.9 Å². The van der Waals surface area contributed by atoms with E-state index in [2.05, 4.69) is 10.2 Å². The molecule has 2 aliphatic heterocycles. The Bertz CT molecular complexity index is 1100. The minimum absolute atomic E-state index is 0.0251. The summed E-state index contributed by atoms with van der Waals surface area (Å²) in [5.74, 6) is 0.642. The van der Waals surface area contributed by atoms with Gasteiger partial charge in [-0.25, -0.2) is 5.01 Å². The Labute approximate surface area is 226 Å². The number of guanidine groups is 1. The second-order valence-electron chi connectivity index (χ2n) is 12.5. The maximum atomic E-state index is 13.2. The number of carbonyl (C=O) groups excluding carboxylic acids is 2. The van der Waals surface area contributed by atoms with Crippen LogP contribution < -0.4 is 5.73 Å². The summed E-state index contributed by atoms with van der Waals surface area (Å²) in [6.45, 7) is 19.8. The number of nitrogens with two attached hydrogens (primary N) is 1. The Morgan fingerprint density at radius 1 is 1.00 bits per heavy atom. The van der Waals surface area contributed by atoms with Crippen molar-refractivity contribution < 1.29 is 14.7 Å². The van der Waals surface area contributed by atoms with E-state index in [1.807, 2.05) is 69.2 Å². The fourth-order valence-electron chi connectivity index (χ4n) is 3.93. The van der Waals surface area contributed by atoms with Gasteiger partial charge in [-0.3, -0.25) is 14.6 Å². The van der Waals surface area contributed by atoms with Crippen LogP contribution in [0.3, 0.4) is 0 Å². The van der Waals surface area contributed by atoms with Gasteiger partial charge in [0.2, 0.25) is 5.96 Å². The lowest BCUT2D eigenvalue weighted by molar-refractivity contribution is -0.125. The highest BCUT2D eigenvalue weighted by atomic mass is 35.5. The molecule has 2 heterocycles. The number of hydrazone groups is 2. The van der Waals surface area contributed by atoms with Gasteiger partial charge in [0.1, 0.15) is 23.2 Å². The number of allylic oxidation sites excluding steroid dienone is 1. The zero-order valence-corrected chi connectivity index (χ0v) is 24.6. The molecule has 0 aliphatic carbocycles. The van der Waals surface area contributed by atoms with Crippen LogP contribution in [0.1, 0.15) is 97.1 Å². The van der Waals surface area contributed by atoms with Gasteiger partial charge in [0.05, 0.1) is 0 Å². The zero-order chi connectivity index (χ0) is 28.5. The predicted molar refractivity (Wildman–Crippen MR) is 151 cm³/mol. The molecule has 0 amide bonds. The standard InChI is InChI=1S/C21H28ClN5O2.C7H14O/c1-20(2,3)13-9-12(10-14(18(13)29)21(4,5)6)15(28)11-26-17-8-7-16(22)24-27(17)19(23)25-26;1-5-6(8)7(2,3)4/h7-10,17,29H,11H2,1-6H3,(H2,23,25);5H2,1-4H3. The molecule has 37 heavy (non-hydrogen) atoms. The molecule has 0 fully saturated rings. The SMILES string of the molecule is CC(C)(C)c1cc(C(=O)CN2N=C(N)N3N=C(Cl)C=CC23)cc(C(C)(C)C)c1O.CCC(=O)C(C)(C)C. The summed E-state index contributed by atoms with van der Waals surface area (Å²) in [5.41, 5.74) is 7.19. The van der Waals surface area contributed by atoms with Crippen LogP contribution in [-0.4, -0.2) is 50.5 Å². The monoisotopic (exact) mass is 531 g/mol.